The van der Waals surface area contributed by atoms with Crippen molar-refractivity contribution in [1.82, 2.24) is 9.78 Å². The first-order valence-electron chi connectivity index (χ1n) is 10.0. The van der Waals surface area contributed by atoms with Gasteiger partial charge in [0, 0.05) is 6.42 Å². The Bertz CT molecular complexity index is 1230. The van der Waals surface area contributed by atoms with Crippen LogP contribution in [0.25, 0.3) is 0 Å². The molecule has 2 N–H and O–H groups in total. The van der Waals surface area contributed by atoms with E-state index >= 15 is 0 Å². The van der Waals surface area contributed by atoms with Crippen LogP contribution in [0.1, 0.15) is 34.4 Å². The predicted molar refractivity (Wildman–Crippen MR) is 122 cm³/mol. The third kappa shape index (κ3) is 4.47. The van der Waals surface area contributed by atoms with Crippen molar-refractivity contribution >= 4 is 40.6 Å². The van der Waals surface area contributed by atoms with E-state index in [1.807, 2.05) is 0 Å². The second-order valence-electron chi connectivity index (χ2n) is 7.51. The fourth-order valence-corrected chi connectivity index (χ4v) is 4.15. The van der Waals surface area contributed by atoms with Gasteiger partial charge < -0.3 is 20.1 Å². The quantitative estimate of drug-likeness (QED) is 0.428. The second kappa shape index (κ2) is 9.27. The molecule has 1 amide bonds. The molecule has 1 aliphatic rings. The summed E-state index contributed by atoms with van der Waals surface area (Å²) >= 11 is 12.1. The molecule has 1 aromatic heterocycles. The number of amides is 1. The molecule has 2 atom stereocenters. The van der Waals surface area contributed by atoms with Gasteiger partial charge in [-0.15, -0.1) is 0 Å². The Hall–Kier alpha value is -3.11. The molecular formula is C22H19Cl2F3N4O3. The van der Waals surface area contributed by atoms with Crippen LogP contribution in [0.15, 0.2) is 42.6 Å². The maximum atomic E-state index is 14.0. The predicted octanol–water partition coefficient (Wildman–Crippen LogP) is 6.12. The average Bonchev–Trinajstić information content (AvgIpc) is 3.24. The van der Waals surface area contributed by atoms with Gasteiger partial charge in [-0.3, -0.25) is 4.79 Å². The van der Waals surface area contributed by atoms with E-state index in [0.29, 0.717) is 17.1 Å². The van der Waals surface area contributed by atoms with E-state index in [0.717, 1.165) is 10.9 Å². The van der Waals surface area contributed by atoms with Gasteiger partial charge in [-0.1, -0.05) is 35.3 Å². The zero-order chi connectivity index (χ0) is 24.6. The summed E-state index contributed by atoms with van der Waals surface area (Å²) in [7, 11) is 2.90. The lowest BCUT2D eigenvalue weighted by Gasteiger charge is -2.34. The maximum Gasteiger partial charge on any atom is 0.410 e. The monoisotopic (exact) mass is 514 g/mol. The molecule has 4 rings (SSSR count). The Morgan fingerprint density at radius 1 is 1.18 bits per heavy atom. The number of methoxy groups -OCH3 is 2. The number of carbonyl (C=O) groups is 1. The summed E-state index contributed by atoms with van der Waals surface area (Å²) in [5, 5.41) is 9.81. The van der Waals surface area contributed by atoms with Crippen molar-refractivity contribution in [2.75, 3.05) is 24.9 Å². The fraction of sp³-hybridized carbons (Fsp3) is 0.273. The Kier molecular flexibility index (Phi) is 6.55. The van der Waals surface area contributed by atoms with Crippen LogP contribution in [-0.2, 0) is 0 Å². The highest BCUT2D eigenvalue weighted by atomic mass is 35.5. The van der Waals surface area contributed by atoms with Gasteiger partial charge in [0.2, 0.25) is 0 Å². The number of alkyl halides is 3. The van der Waals surface area contributed by atoms with Crippen molar-refractivity contribution in [3.63, 3.8) is 0 Å². The lowest BCUT2D eigenvalue weighted by molar-refractivity contribution is -0.173. The van der Waals surface area contributed by atoms with Gasteiger partial charge in [0.25, 0.3) is 5.91 Å². The normalized spacial score (nSPS) is 17.5. The number of hydrogen-bond acceptors (Lipinski definition) is 5. The van der Waals surface area contributed by atoms with E-state index in [1.165, 1.54) is 20.3 Å². The van der Waals surface area contributed by atoms with Crippen molar-refractivity contribution in [2.45, 2.75) is 24.7 Å². The van der Waals surface area contributed by atoms with E-state index in [4.69, 9.17) is 32.7 Å². The lowest BCUT2D eigenvalue weighted by atomic mass is 9.96. The first-order valence-corrected chi connectivity index (χ1v) is 10.8. The molecule has 34 heavy (non-hydrogen) atoms. The minimum absolute atomic E-state index is 0.0657. The van der Waals surface area contributed by atoms with Gasteiger partial charge in [0.05, 0.1) is 42.2 Å². The highest BCUT2D eigenvalue weighted by Crippen LogP contribution is 2.45. The van der Waals surface area contributed by atoms with E-state index in [-0.39, 0.29) is 33.5 Å². The SMILES string of the molecule is COc1ccc([C@H]2C[C@H](C(F)(F)F)n3ncc(C(=O)Nc4cccc(Cl)c4Cl)c3N2)cc1OC. The van der Waals surface area contributed by atoms with E-state index in [1.54, 1.807) is 30.3 Å². The van der Waals surface area contributed by atoms with Crippen molar-refractivity contribution in [1.29, 1.82) is 0 Å². The van der Waals surface area contributed by atoms with Crippen LogP contribution < -0.4 is 20.1 Å². The molecule has 0 spiro atoms. The molecule has 3 aromatic rings. The van der Waals surface area contributed by atoms with Crippen molar-refractivity contribution in [2.24, 2.45) is 0 Å². The van der Waals surface area contributed by atoms with E-state index < -0.39 is 24.2 Å². The van der Waals surface area contributed by atoms with Gasteiger partial charge in [0.15, 0.2) is 17.5 Å². The van der Waals surface area contributed by atoms with Crippen molar-refractivity contribution < 1.29 is 27.4 Å². The summed E-state index contributed by atoms with van der Waals surface area (Å²) in [5.74, 6) is 0.0618. The molecule has 7 nitrogen and oxygen atoms in total. The topological polar surface area (TPSA) is 77.4 Å². The number of aromatic nitrogens is 2. The molecule has 0 fully saturated rings. The average molecular weight is 515 g/mol. The lowest BCUT2D eigenvalue weighted by Crippen LogP contribution is -2.36. The largest absolute Gasteiger partial charge is 0.493 e. The summed E-state index contributed by atoms with van der Waals surface area (Å²) in [5.41, 5.74) is 0.679. The molecule has 0 aliphatic carbocycles. The van der Waals surface area contributed by atoms with E-state index in [2.05, 4.69) is 15.7 Å². The summed E-state index contributed by atoms with van der Waals surface area (Å²) in [6, 6.07) is 6.78. The molecular weight excluding hydrogens is 496 g/mol. The van der Waals surface area contributed by atoms with Gasteiger partial charge in [-0.05, 0) is 29.8 Å². The van der Waals surface area contributed by atoms with Crippen molar-refractivity contribution in [3.8, 4) is 11.5 Å². The molecule has 2 heterocycles. The molecule has 0 saturated heterocycles. The number of hydrogen-bond donors (Lipinski definition) is 2. The third-order valence-electron chi connectivity index (χ3n) is 5.49. The van der Waals surface area contributed by atoms with Crippen LogP contribution in [0.5, 0.6) is 11.5 Å². The maximum absolute atomic E-state index is 14.0. The summed E-state index contributed by atoms with van der Waals surface area (Å²) in [6.45, 7) is 0. The van der Waals surface area contributed by atoms with Gasteiger partial charge in [-0.2, -0.15) is 18.3 Å². The van der Waals surface area contributed by atoms with E-state index in [9.17, 15) is 18.0 Å². The minimum atomic E-state index is -4.60. The number of carbonyl (C=O) groups excluding carboxylic acids is 1. The number of anilines is 2. The van der Waals surface area contributed by atoms with Crippen LogP contribution in [0.4, 0.5) is 24.7 Å². The van der Waals surface area contributed by atoms with Crippen LogP contribution in [0.2, 0.25) is 10.0 Å². The molecule has 180 valence electrons. The number of halogens is 5. The Morgan fingerprint density at radius 2 is 1.91 bits per heavy atom. The molecule has 1 aliphatic heterocycles. The molecule has 2 aromatic carbocycles. The second-order valence-corrected chi connectivity index (χ2v) is 8.30. The number of benzene rings is 2. The number of nitrogens with zero attached hydrogens (tertiary/aromatic N) is 2. The molecule has 0 unspecified atom stereocenters. The standard InChI is InChI=1S/C22H19Cl2F3N4O3/c1-33-16-7-6-11(8-17(16)34-2)15-9-18(22(25,26)27)31-20(29-15)12(10-28-31)21(32)30-14-5-3-4-13(23)19(14)24/h3-8,10,15,18,29H,9H2,1-2H3,(H,30,32)/t15-,18-/m1/s1. The Balaban J connectivity index is 1.71. The zero-order valence-corrected chi connectivity index (χ0v) is 19.4. The number of nitrogens with one attached hydrogen (secondary N) is 2. The summed E-state index contributed by atoms with van der Waals surface area (Å²) in [4.78, 5) is 13.0. The number of rotatable bonds is 5. The zero-order valence-electron chi connectivity index (χ0n) is 17.9. The molecule has 0 saturated carbocycles. The Labute approximate surface area is 202 Å². The number of ether oxygens (including phenoxy) is 2. The van der Waals surface area contributed by atoms with Crippen LogP contribution in [-0.4, -0.2) is 36.1 Å². The van der Waals surface area contributed by atoms with Gasteiger partial charge in [-0.25, -0.2) is 4.68 Å². The highest BCUT2D eigenvalue weighted by molar-refractivity contribution is 6.44. The minimum Gasteiger partial charge on any atom is -0.493 e. The summed E-state index contributed by atoms with van der Waals surface area (Å²) < 4.78 is 53.2. The first kappa shape index (κ1) is 24.0. The van der Waals surface area contributed by atoms with Gasteiger partial charge >= 0.3 is 6.18 Å². The molecule has 12 heteroatoms. The highest BCUT2D eigenvalue weighted by Gasteiger charge is 2.47. The summed E-state index contributed by atoms with van der Waals surface area (Å²) in [6.07, 6.45) is -3.84. The van der Waals surface area contributed by atoms with Crippen LogP contribution >= 0.6 is 23.2 Å². The molecule has 0 bridgehead atoms. The molecule has 0 radical (unpaired) electrons. The first-order chi connectivity index (χ1) is 16.1. The van der Waals surface area contributed by atoms with Crippen molar-refractivity contribution in [3.05, 3.63) is 63.8 Å². The smallest absolute Gasteiger partial charge is 0.410 e. The van der Waals surface area contributed by atoms with Crippen LogP contribution in [0, 0.1) is 0 Å². The van der Waals surface area contributed by atoms with Crippen LogP contribution in [0.3, 0.4) is 0 Å². The third-order valence-corrected chi connectivity index (χ3v) is 6.31. The van der Waals surface area contributed by atoms with Gasteiger partial charge in [0.1, 0.15) is 11.4 Å². The fourth-order valence-electron chi connectivity index (χ4n) is 3.81. The Morgan fingerprint density at radius 3 is 2.59 bits per heavy atom. The number of fused-ring (bicyclic) bond motifs is 1.